The van der Waals surface area contributed by atoms with Crippen LogP contribution in [0.1, 0.15) is 39.5 Å². The topological polar surface area (TPSA) is 78.4 Å². The maximum Gasteiger partial charge on any atom is 0.315 e. The second-order valence-corrected chi connectivity index (χ2v) is 6.45. The summed E-state index contributed by atoms with van der Waals surface area (Å²) in [5, 5.41) is 15.0. The minimum atomic E-state index is -0.833. The van der Waals surface area contributed by atoms with Crippen LogP contribution >= 0.6 is 11.8 Å². The summed E-state index contributed by atoms with van der Waals surface area (Å²) in [6.07, 6.45) is 5.14. The largest absolute Gasteiger partial charge is 0.481 e. The van der Waals surface area contributed by atoms with Crippen molar-refractivity contribution in [1.82, 2.24) is 10.6 Å². The number of aliphatic carboxylic acids is 1. The van der Waals surface area contributed by atoms with Gasteiger partial charge in [-0.15, -0.1) is 0 Å². The minimum absolute atomic E-state index is 0.102. The van der Waals surface area contributed by atoms with E-state index in [1.165, 1.54) is 0 Å². The Morgan fingerprint density at radius 1 is 1.53 bits per heavy atom. The molecule has 1 rings (SSSR count). The number of amides is 2. The fourth-order valence-electron chi connectivity index (χ4n) is 2.44. The summed E-state index contributed by atoms with van der Waals surface area (Å²) in [6.45, 7) is 3.67. The molecule has 0 aromatic carbocycles. The Bertz CT molecular complexity index is 338. The lowest BCUT2D eigenvalue weighted by Gasteiger charge is -2.28. The molecule has 1 aliphatic rings. The molecular weight excluding hydrogens is 264 g/mol. The average molecular weight is 288 g/mol. The average Bonchev–Trinajstić information content (AvgIpc) is 2.69. The number of hydrogen-bond acceptors (Lipinski definition) is 3. The van der Waals surface area contributed by atoms with E-state index in [1.54, 1.807) is 18.7 Å². The van der Waals surface area contributed by atoms with Crippen molar-refractivity contribution in [3.63, 3.8) is 0 Å². The summed E-state index contributed by atoms with van der Waals surface area (Å²) >= 11 is 1.74. The molecule has 0 spiro atoms. The quantitative estimate of drug-likeness (QED) is 0.699. The van der Waals surface area contributed by atoms with Crippen LogP contribution < -0.4 is 10.6 Å². The van der Waals surface area contributed by atoms with E-state index in [0.717, 1.165) is 25.0 Å². The number of carboxylic acids is 1. The Kier molecular flexibility index (Phi) is 5.97. The maximum absolute atomic E-state index is 11.9. The number of hydrogen-bond donors (Lipinski definition) is 3. The van der Waals surface area contributed by atoms with Gasteiger partial charge < -0.3 is 15.7 Å². The van der Waals surface area contributed by atoms with Crippen LogP contribution in [0.4, 0.5) is 4.79 Å². The fourth-order valence-corrected chi connectivity index (χ4v) is 3.03. The summed E-state index contributed by atoms with van der Waals surface area (Å²) in [6, 6.07) is -0.435. The maximum atomic E-state index is 11.9. The number of carbonyl (C=O) groups excluding carboxylic acids is 1. The van der Waals surface area contributed by atoms with Gasteiger partial charge in [-0.05, 0) is 45.1 Å². The van der Waals surface area contributed by atoms with Gasteiger partial charge in [0.2, 0.25) is 0 Å². The van der Waals surface area contributed by atoms with Crippen molar-refractivity contribution in [2.24, 2.45) is 5.41 Å². The first kappa shape index (κ1) is 16.1. The fraction of sp³-hybridized carbons (Fsp3) is 0.846. The zero-order chi connectivity index (χ0) is 14.5. The Morgan fingerprint density at radius 2 is 2.21 bits per heavy atom. The van der Waals surface area contributed by atoms with Crippen LogP contribution in [0, 0.1) is 5.41 Å². The lowest BCUT2D eigenvalue weighted by atomic mass is 9.85. The highest BCUT2D eigenvalue weighted by Gasteiger charge is 2.45. The molecule has 19 heavy (non-hydrogen) atoms. The first-order valence-corrected chi connectivity index (χ1v) is 8.09. The third-order valence-corrected chi connectivity index (χ3v) is 4.53. The molecule has 0 aliphatic heterocycles. The molecule has 3 atom stereocenters. The number of thioether (sulfide) groups is 1. The highest BCUT2D eigenvalue weighted by atomic mass is 32.2. The molecule has 3 N–H and O–H groups in total. The number of rotatable bonds is 6. The first-order chi connectivity index (χ1) is 8.90. The van der Waals surface area contributed by atoms with Crippen molar-refractivity contribution < 1.29 is 14.7 Å². The van der Waals surface area contributed by atoms with Gasteiger partial charge in [-0.25, -0.2) is 4.79 Å². The van der Waals surface area contributed by atoms with Crippen LogP contribution in [-0.4, -0.2) is 41.2 Å². The van der Waals surface area contributed by atoms with Crippen LogP contribution in [0.3, 0.4) is 0 Å². The highest BCUT2D eigenvalue weighted by molar-refractivity contribution is 7.98. The van der Waals surface area contributed by atoms with Gasteiger partial charge in [0.05, 0.1) is 5.41 Å². The zero-order valence-electron chi connectivity index (χ0n) is 11.9. The molecule has 0 radical (unpaired) electrons. The van der Waals surface area contributed by atoms with Crippen molar-refractivity contribution in [3.8, 4) is 0 Å². The number of carboxylic acid groups (broad SMARTS) is 1. The lowest BCUT2D eigenvalue weighted by molar-refractivity contribution is -0.148. The van der Waals surface area contributed by atoms with Crippen LogP contribution in [0.15, 0.2) is 0 Å². The summed E-state index contributed by atoms with van der Waals surface area (Å²) in [4.78, 5) is 23.2. The lowest BCUT2D eigenvalue weighted by Crippen LogP contribution is -2.51. The molecule has 0 bridgehead atoms. The van der Waals surface area contributed by atoms with E-state index in [9.17, 15) is 14.7 Å². The molecule has 6 heteroatoms. The van der Waals surface area contributed by atoms with E-state index in [1.807, 2.05) is 13.2 Å². The Labute approximate surface area is 118 Å². The normalized spacial score (nSPS) is 27.8. The summed E-state index contributed by atoms with van der Waals surface area (Å²) < 4.78 is 0. The first-order valence-electron chi connectivity index (χ1n) is 6.69. The summed E-state index contributed by atoms with van der Waals surface area (Å²) in [7, 11) is 0. The number of carbonyl (C=O) groups is 2. The summed E-state index contributed by atoms with van der Waals surface area (Å²) in [5.41, 5.74) is -0.833. The van der Waals surface area contributed by atoms with Gasteiger partial charge in [-0.1, -0.05) is 6.42 Å². The molecule has 3 unspecified atom stereocenters. The van der Waals surface area contributed by atoms with Gasteiger partial charge in [-0.3, -0.25) is 4.79 Å². The number of urea groups is 1. The van der Waals surface area contributed by atoms with Crippen molar-refractivity contribution in [3.05, 3.63) is 0 Å². The van der Waals surface area contributed by atoms with Crippen molar-refractivity contribution in [1.29, 1.82) is 0 Å². The molecule has 1 saturated carbocycles. The Morgan fingerprint density at radius 3 is 2.79 bits per heavy atom. The van der Waals surface area contributed by atoms with Gasteiger partial charge in [-0.2, -0.15) is 11.8 Å². The van der Waals surface area contributed by atoms with Crippen LogP contribution in [0.25, 0.3) is 0 Å². The predicted molar refractivity (Wildman–Crippen MR) is 77.5 cm³/mol. The molecule has 2 amide bonds. The molecule has 0 heterocycles. The molecule has 1 aliphatic carbocycles. The van der Waals surface area contributed by atoms with Crippen molar-refractivity contribution >= 4 is 23.8 Å². The van der Waals surface area contributed by atoms with E-state index in [0.29, 0.717) is 6.42 Å². The van der Waals surface area contributed by atoms with E-state index in [-0.39, 0.29) is 18.1 Å². The van der Waals surface area contributed by atoms with Crippen molar-refractivity contribution in [2.75, 3.05) is 12.0 Å². The van der Waals surface area contributed by atoms with E-state index < -0.39 is 11.4 Å². The third-order valence-electron chi connectivity index (χ3n) is 3.88. The molecule has 1 fully saturated rings. The summed E-state index contributed by atoms with van der Waals surface area (Å²) in [5.74, 6) is 0.170. The third kappa shape index (κ3) is 4.30. The molecule has 110 valence electrons. The minimum Gasteiger partial charge on any atom is -0.481 e. The highest BCUT2D eigenvalue weighted by Crippen LogP contribution is 2.38. The van der Waals surface area contributed by atoms with Gasteiger partial charge in [0.25, 0.3) is 0 Å². The van der Waals surface area contributed by atoms with Gasteiger partial charge >= 0.3 is 12.0 Å². The monoisotopic (exact) mass is 288 g/mol. The van der Waals surface area contributed by atoms with E-state index >= 15 is 0 Å². The van der Waals surface area contributed by atoms with Crippen LogP contribution in [0.5, 0.6) is 0 Å². The SMILES string of the molecule is CSCCC(C)NC(=O)NC1CCCC1(C)C(=O)O. The Hall–Kier alpha value is -0.910. The number of nitrogens with one attached hydrogen (secondary N) is 2. The zero-order valence-corrected chi connectivity index (χ0v) is 12.7. The van der Waals surface area contributed by atoms with Gasteiger partial charge in [0.1, 0.15) is 0 Å². The predicted octanol–water partition coefficient (Wildman–Crippen LogP) is 2.07. The smallest absolute Gasteiger partial charge is 0.315 e. The molecule has 0 aromatic rings. The van der Waals surface area contributed by atoms with Crippen molar-refractivity contribution in [2.45, 2.75) is 51.6 Å². The van der Waals surface area contributed by atoms with Gasteiger partial charge in [0.15, 0.2) is 0 Å². The standard InChI is InChI=1S/C13H24N2O3S/c1-9(6-8-19-3)14-12(18)15-10-5-4-7-13(10,2)11(16)17/h9-10H,4-8H2,1-3H3,(H,16,17)(H2,14,15,18). The van der Waals surface area contributed by atoms with Crippen LogP contribution in [0.2, 0.25) is 0 Å². The van der Waals surface area contributed by atoms with Gasteiger partial charge in [0, 0.05) is 12.1 Å². The molecular formula is C13H24N2O3S. The van der Waals surface area contributed by atoms with E-state index in [4.69, 9.17) is 0 Å². The molecule has 0 aromatic heterocycles. The Balaban J connectivity index is 2.46. The second kappa shape index (κ2) is 7.03. The van der Waals surface area contributed by atoms with E-state index in [2.05, 4.69) is 10.6 Å². The second-order valence-electron chi connectivity index (χ2n) is 5.47. The van der Waals surface area contributed by atoms with Crippen LogP contribution in [-0.2, 0) is 4.79 Å². The molecule has 5 nitrogen and oxygen atoms in total. The molecule has 0 saturated heterocycles.